The molecule has 0 amide bonds. The maximum absolute atomic E-state index is 10.7. The van der Waals surface area contributed by atoms with Crippen LogP contribution in [0.25, 0.3) is 11.1 Å². The SMILES string of the molecule is Cc1oncc1-c1cnc(Cl)c([N+](=O)[O-])c1. The highest BCUT2D eigenvalue weighted by Gasteiger charge is 2.16. The minimum atomic E-state index is -0.582. The molecule has 7 heteroatoms. The highest BCUT2D eigenvalue weighted by atomic mass is 35.5. The maximum Gasteiger partial charge on any atom is 0.307 e. The first kappa shape index (κ1) is 10.6. The van der Waals surface area contributed by atoms with Gasteiger partial charge in [-0.15, -0.1) is 0 Å². The van der Waals surface area contributed by atoms with Crippen molar-refractivity contribution in [2.45, 2.75) is 6.92 Å². The van der Waals surface area contributed by atoms with E-state index in [0.717, 1.165) is 0 Å². The Morgan fingerprint density at radius 3 is 2.81 bits per heavy atom. The predicted molar refractivity (Wildman–Crippen MR) is 56.1 cm³/mol. The molecule has 0 saturated heterocycles. The molecule has 82 valence electrons. The molecule has 0 saturated carbocycles. The molecule has 0 radical (unpaired) electrons. The molecule has 0 aliphatic heterocycles. The van der Waals surface area contributed by atoms with Crippen LogP contribution in [0.3, 0.4) is 0 Å². The van der Waals surface area contributed by atoms with Gasteiger partial charge < -0.3 is 4.52 Å². The molecular weight excluding hydrogens is 234 g/mol. The van der Waals surface area contributed by atoms with Gasteiger partial charge in [0.2, 0.25) is 5.15 Å². The Morgan fingerprint density at radius 2 is 2.25 bits per heavy atom. The summed E-state index contributed by atoms with van der Waals surface area (Å²) in [6.45, 7) is 1.71. The average Bonchev–Trinajstić information content (AvgIpc) is 2.65. The van der Waals surface area contributed by atoms with Gasteiger partial charge in [-0.3, -0.25) is 10.1 Å². The van der Waals surface area contributed by atoms with E-state index in [-0.39, 0.29) is 10.8 Å². The lowest BCUT2D eigenvalue weighted by molar-refractivity contribution is -0.385. The molecule has 2 aromatic rings. The van der Waals surface area contributed by atoms with Gasteiger partial charge in [0.15, 0.2) is 0 Å². The fraction of sp³-hybridized carbons (Fsp3) is 0.111. The van der Waals surface area contributed by atoms with Crippen LogP contribution >= 0.6 is 11.6 Å². The molecule has 2 heterocycles. The Hall–Kier alpha value is -1.95. The van der Waals surface area contributed by atoms with Crippen LogP contribution in [-0.2, 0) is 0 Å². The van der Waals surface area contributed by atoms with E-state index in [4.69, 9.17) is 16.1 Å². The molecule has 0 fully saturated rings. The first-order valence-corrected chi connectivity index (χ1v) is 4.69. The van der Waals surface area contributed by atoms with Crippen LogP contribution in [0.15, 0.2) is 23.0 Å². The summed E-state index contributed by atoms with van der Waals surface area (Å²) in [5.74, 6) is 0.568. The monoisotopic (exact) mass is 239 g/mol. The van der Waals surface area contributed by atoms with Crippen LogP contribution in [0.4, 0.5) is 5.69 Å². The van der Waals surface area contributed by atoms with Crippen molar-refractivity contribution in [1.82, 2.24) is 10.1 Å². The summed E-state index contributed by atoms with van der Waals surface area (Å²) in [5, 5.41) is 14.1. The van der Waals surface area contributed by atoms with Gasteiger partial charge in [0.1, 0.15) is 5.76 Å². The molecular formula is C9H6ClN3O3. The molecule has 2 rings (SSSR count). The summed E-state index contributed by atoms with van der Waals surface area (Å²) < 4.78 is 4.87. The third kappa shape index (κ3) is 1.74. The molecule has 0 spiro atoms. The highest BCUT2D eigenvalue weighted by Crippen LogP contribution is 2.29. The Labute approximate surface area is 95.0 Å². The van der Waals surface area contributed by atoms with Crippen LogP contribution in [0, 0.1) is 17.0 Å². The number of pyridine rings is 1. The predicted octanol–water partition coefficient (Wildman–Crippen LogP) is 2.61. The molecule has 0 aliphatic carbocycles. The third-order valence-electron chi connectivity index (χ3n) is 2.08. The van der Waals surface area contributed by atoms with Crippen molar-refractivity contribution in [3.8, 4) is 11.1 Å². The topological polar surface area (TPSA) is 82.1 Å². The van der Waals surface area contributed by atoms with E-state index in [1.807, 2.05) is 0 Å². The summed E-state index contributed by atoms with van der Waals surface area (Å²) in [7, 11) is 0. The van der Waals surface area contributed by atoms with Crippen LogP contribution < -0.4 is 0 Å². The lowest BCUT2D eigenvalue weighted by Gasteiger charge is -1.99. The number of nitrogens with zero attached hydrogens (tertiary/aromatic N) is 3. The molecule has 16 heavy (non-hydrogen) atoms. The second kappa shape index (κ2) is 3.90. The lowest BCUT2D eigenvalue weighted by Crippen LogP contribution is -1.92. The van der Waals surface area contributed by atoms with Gasteiger partial charge in [-0.25, -0.2) is 4.98 Å². The van der Waals surface area contributed by atoms with Crippen molar-refractivity contribution >= 4 is 17.3 Å². The van der Waals surface area contributed by atoms with Crippen molar-refractivity contribution in [3.05, 3.63) is 39.5 Å². The number of nitro groups is 1. The molecule has 0 aromatic carbocycles. The Morgan fingerprint density at radius 1 is 1.50 bits per heavy atom. The standard InChI is InChI=1S/C9H6ClN3O3/c1-5-7(4-12-16-5)6-2-8(13(14)15)9(10)11-3-6/h2-4H,1H3. The Bertz CT molecular complexity index is 553. The number of hydrogen-bond donors (Lipinski definition) is 0. The smallest absolute Gasteiger partial charge is 0.307 e. The number of aromatic nitrogens is 2. The average molecular weight is 240 g/mol. The van der Waals surface area contributed by atoms with Crippen molar-refractivity contribution in [2.24, 2.45) is 0 Å². The Kier molecular flexibility index (Phi) is 2.57. The largest absolute Gasteiger partial charge is 0.361 e. The minimum Gasteiger partial charge on any atom is -0.361 e. The van der Waals surface area contributed by atoms with Gasteiger partial charge in [0.25, 0.3) is 0 Å². The summed E-state index contributed by atoms with van der Waals surface area (Å²) >= 11 is 5.60. The Balaban J connectivity index is 2.56. The maximum atomic E-state index is 10.7. The zero-order valence-electron chi connectivity index (χ0n) is 8.18. The number of hydrogen-bond acceptors (Lipinski definition) is 5. The van der Waals surface area contributed by atoms with E-state index >= 15 is 0 Å². The summed E-state index contributed by atoms with van der Waals surface area (Å²) in [6, 6.07) is 1.34. The molecule has 2 aromatic heterocycles. The summed E-state index contributed by atoms with van der Waals surface area (Å²) in [6.07, 6.45) is 2.92. The van der Waals surface area contributed by atoms with Gasteiger partial charge in [0.05, 0.1) is 11.1 Å². The van der Waals surface area contributed by atoms with Gasteiger partial charge in [0, 0.05) is 23.4 Å². The number of rotatable bonds is 2. The van der Waals surface area contributed by atoms with E-state index in [9.17, 15) is 10.1 Å². The van der Waals surface area contributed by atoms with E-state index in [1.165, 1.54) is 18.5 Å². The number of aryl methyl sites for hydroxylation is 1. The highest BCUT2D eigenvalue weighted by molar-refractivity contribution is 6.31. The van der Waals surface area contributed by atoms with Gasteiger partial charge in [-0.1, -0.05) is 16.8 Å². The number of halogens is 1. The second-order valence-corrected chi connectivity index (χ2v) is 3.44. The summed E-state index contributed by atoms with van der Waals surface area (Å²) in [5.41, 5.74) is 0.974. The third-order valence-corrected chi connectivity index (χ3v) is 2.37. The normalized spacial score (nSPS) is 10.4. The van der Waals surface area contributed by atoms with Crippen LogP contribution in [0.1, 0.15) is 5.76 Å². The molecule has 0 bridgehead atoms. The molecule has 0 N–H and O–H groups in total. The first-order chi connectivity index (χ1) is 7.59. The van der Waals surface area contributed by atoms with Crippen molar-refractivity contribution in [1.29, 1.82) is 0 Å². The fourth-order valence-corrected chi connectivity index (χ4v) is 1.46. The first-order valence-electron chi connectivity index (χ1n) is 4.31. The lowest BCUT2D eigenvalue weighted by atomic mass is 10.1. The van der Waals surface area contributed by atoms with Crippen molar-refractivity contribution in [2.75, 3.05) is 0 Å². The van der Waals surface area contributed by atoms with Crippen molar-refractivity contribution < 1.29 is 9.45 Å². The van der Waals surface area contributed by atoms with Crippen LogP contribution in [0.5, 0.6) is 0 Å². The van der Waals surface area contributed by atoms with Gasteiger partial charge >= 0.3 is 5.69 Å². The van der Waals surface area contributed by atoms with E-state index in [0.29, 0.717) is 16.9 Å². The second-order valence-electron chi connectivity index (χ2n) is 3.09. The van der Waals surface area contributed by atoms with Gasteiger partial charge in [-0.2, -0.15) is 0 Å². The summed E-state index contributed by atoms with van der Waals surface area (Å²) in [4.78, 5) is 13.8. The van der Waals surface area contributed by atoms with Gasteiger partial charge in [-0.05, 0) is 6.92 Å². The quantitative estimate of drug-likeness (QED) is 0.457. The zero-order chi connectivity index (χ0) is 11.7. The molecule has 0 aliphatic rings. The minimum absolute atomic E-state index is 0.136. The molecule has 0 atom stereocenters. The fourth-order valence-electron chi connectivity index (χ4n) is 1.29. The molecule has 0 unspecified atom stereocenters. The zero-order valence-corrected chi connectivity index (χ0v) is 8.93. The van der Waals surface area contributed by atoms with Crippen molar-refractivity contribution in [3.63, 3.8) is 0 Å². The van der Waals surface area contributed by atoms with E-state index in [2.05, 4.69) is 10.1 Å². The van der Waals surface area contributed by atoms with Crippen LogP contribution in [-0.4, -0.2) is 15.1 Å². The van der Waals surface area contributed by atoms with Crippen LogP contribution in [0.2, 0.25) is 5.15 Å². The van der Waals surface area contributed by atoms with E-state index in [1.54, 1.807) is 6.92 Å². The molecule has 6 nitrogen and oxygen atoms in total. The van der Waals surface area contributed by atoms with E-state index < -0.39 is 4.92 Å².